The van der Waals surface area contributed by atoms with Gasteiger partial charge in [0.25, 0.3) is 0 Å². The fourth-order valence-corrected chi connectivity index (χ4v) is 2.54. The van der Waals surface area contributed by atoms with Gasteiger partial charge in [-0.2, -0.15) is 0 Å². The summed E-state index contributed by atoms with van der Waals surface area (Å²) in [5, 5.41) is 8.94. The van der Waals surface area contributed by atoms with Gasteiger partial charge < -0.3 is 9.66 Å². The van der Waals surface area contributed by atoms with Crippen LogP contribution >= 0.6 is 0 Å². The van der Waals surface area contributed by atoms with Crippen LogP contribution in [0.3, 0.4) is 0 Å². The summed E-state index contributed by atoms with van der Waals surface area (Å²) in [7, 11) is -4.14. The summed E-state index contributed by atoms with van der Waals surface area (Å²) in [5.74, 6) is 0. The van der Waals surface area contributed by atoms with Crippen LogP contribution in [-0.4, -0.2) is 29.4 Å². The molecule has 0 amide bonds. The Kier molecular flexibility index (Phi) is 15.7. The van der Waals surface area contributed by atoms with Crippen LogP contribution in [0.4, 0.5) is 0 Å². The molecule has 0 aromatic rings. The minimum Gasteiger partial charge on any atom is -0.748 e. The summed E-state index contributed by atoms with van der Waals surface area (Å²) in [6.07, 6.45) is 9.10. The Morgan fingerprint density at radius 3 is 1.90 bits per heavy atom. The monoisotopic (exact) mass is 316 g/mol. The van der Waals surface area contributed by atoms with Crippen molar-refractivity contribution in [3.05, 3.63) is 0 Å². The molecule has 0 aromatic carbocycles. The van der Waals surface area contributed by atoms with E-state index in [9.17, 15) is 18.1 Å². The van der Waals surface area contributed by atoms with Gasteiger partial charge in [-0.15, -0.1) is 0 Å². The first kappa shape index (κ1) is 23.1. The molecule has 116 valence electrons. The molecule has 0 spiro atoms. The molecule has 6 heteroatoms. The summed E-state index contributed by atoms with van der Waals surface area (Å²) < 4.78 is 32.0. The number of aliphatic hydroxyl groups excluding tert-OH is 1. The Balaban J connectivity index is 0. The number of unbranched alkanes of at least 4 members (excludes halogenated alkanes) is 5. The summed E-state index contributed by atoms with van der Waals surface area (Å²) in [4.78, 5) is 0. The second-order valence-corrected chi connectivity index (χ2v) is 7.23. The molecule has 1 N–H and O–H groups in total. The van der Waals surface area contributed by atoms with E-state index in [4.69, 9.17) is 0 Å². The van der Waals surface area contributed by atoms with Crippen molar-refractivity contribution in [3.63, 3.8) is 0 Å². The van der Waals surface area contributed by atoms with Crippen LogP contribution in [0.25, 0.3) is 0 Å². The molecule has 2 unspecified atom stereocenters. The molecule has 0 aromatic heterocycles. The average molecular weight is 316 g/mol. The Labute approximate surface area is 146 Å². The Morgan fingerprint density at radius 2 is 1.40 bits per heavy atom. The maximum Gasteiger partial charge on any atom is 1.00 e. The van der Waals surface area contributed by atoms with E-state index < -0.39 is 15.4 Å². The van der Waals surface area contributed by atoms with Crippen LogP contribution in [0.1, 0.15) is 78.1 Å². The molecule has 0 heterocycles. The van der Waals surface area contributed by atoms with Gasteiger partial charge in [-0.25, -0.2) is 8.42 Å². The number of aliphatic hydroxyl groups is 1. The first-order valence-electron chi connectivity index (χ1n) is 7.50. The summed E-state index contributed by atoms with van der Waals surface area (Å²) in [5.41, 5.74) is 0. The Morgan fingerprint density at radius 1 is 0.950 bits per heavy atom. The zero-order chi connectivity index (χ0) is 14.7. The van der Waals surface area contributed by atoms with Crippen LogP contribution in [-0.2, 0) is 10.1 Å². The fraction of sp³-hybridized carbons (Fsp3) is 1.00. The van der Waals surface area contributed by atoms with Crippen LogP contribution in [0.5, 0.6) is 0 Å². The summed E-state index contributed by atoms with van der Waals surface area (Å²) in [6.45, 7) is 3.63. The first-order chi connectivity index (χ1) is 8.88. The van der Waals surface area contributed by atoms with Crippen molar-refractivity contribution in [1.82, 2.24) is 0 Å². The van der Waals surface area contributed by atoms with Crippen LogP contribution < -0.4 is 29.6 Å². The van der Waals surface area contributed by atoms with Gasteiger partial charge in [0, 0.05) is 5.25 Å². The minimum absolute atomic E-state index is 0. The van der Waals surface area contributed by atoms with E-state index in [1.807, 2.05) is 0 Å². The van der Waals surface area contributed by atoms with Crippen molar-refractivity contribution in [3.8, 4) is 0 Å². The van der Waals surface area contributed by atoms with Gasteiger partial charge >= 0.3 is 29.6 Å². The zero-order valence-electron chi connectivity index (χ0n) is 13.3. The largest absolute Gasteiger partial charge is 1.00 e. The quantitative estimate of drug-likeness (QED) is 0.317. The van der Waals surface area contributed by atoms with Crippen molar-refractivity contribution in [2.75, 3.05) is 0 Å². The predicted octanol–water partition coefficient (Wildman–Crippen LogP) is 0.206. The van der Waals surface area contributed by atoms with Crippen molar-refractivity contribution >= 4 is 10.1 Å². The third kappa shape index (κ3) is 13.8. The van der Waals surface area contributed by atoms with E-state index >= 15 is 0 Å². The van der Waals surface area contributed by atoms with Gasteiger partial charge in [0.15, 0.2) is 0 Å². The van der Waals surface area contributed by atoms with Crippen LogP contribution in [0, 0.1) is 0 Å². The van der Waals surface area contributed by atoms with E-state index in [0.29, 0.717) is 19.3 Å². The van der Waals surface area contributed by atoms with E-state index in [0.717, 1.165) is 19.3 Å². The number of rotatable bonds is 12. The third-order valence-electron chi connectivity index (χ3n) is 3.53. The summed E-state index contributed by atoms with van der Waals surface area (Å²) in [6, 6.07) is 0. The Hall–Kier alpha value is 0.870. The van der Waals surface area contributed by atoms with Gasteiger partial charge in [0.2, 0.25) is 0 Å². The normalized spacial score (nSPS) is 14.6. The molecule has 0 aliphatic heterocycles. The van der Waals surface area contributed by atoms with Crippen LogP contribution in [0.15, 0.2) is 0 Å². The van der Waals surface area contributed by atoms with Crippen molar-refractivity contribution in [2.24, 2.45) is 0 Å². The molecule has 0 aliphatic carbocycles. The molecule has 0 rings (SSSR count). The maximum atomic E-state index is 10.7. The molecule has 0 saturated carbocycles. The number of hydrogen-bond donors (Lipinski definition) is 1. The second-order valence-electron chi connectivity index (χ2n) is 5.44. The van der Waals surface area contributed by atoms with Crippen molar-refractivity contribution < 1.29 is 47.6 Å². The molecule has 2 atom stereocenters. The zero-order valence-corrected chi connectivity index (χ0v) is 16.1. The second kappa shape index (κ2) is 13.5. The third-order valence-corrected chi connectivity index (χ3v) is 4.75. The maximum absolute atomic E-state index is 10.7. The summed E-state index contributed by atoms with van der Waals surface area (Å²) >= 11 is 0. The smallest absolute Gasteiger partial charge is 0.748 e. The van der Waals surface area contributed by atoms with E-state index in [1.54, 1.807) is 0 Å². The molecule has 20 heavy (non-hydrogen) atoms. The van der Waals surface area contributed by atoms with E-state index in [2.05, 4.69) is 6.92 Å². The van der Waals surface area contributed by atoms with Crippen molar-refractivity contribution in [2.45, 2.75) is 89.4 Å². The molecule has 0 radical (unpaired) electrons. The molecular formula is C14H29NaO4S. The van der Waals surface area contributed by atoms with Crippen molar-refractivity contribution in [1.29, 1.82) is 0 Å². The SMILES string of the molecule is CCCCCCCC(O)CCCCC(C)S(=O)(=O)[O-].[Na+]. The molecule has 0 fully saturated rings. The number of hydrogen-bond acceptors (Lipinski definition) is 4. The standard InChI is InChI=1S/C14H30O4S.Na/c1-3-4-5-6-7-11-14(15)12-9-8-10-13(2)19(16,17)18;/h13-15H,3-12H2,1-2H3,(H,16,17,18);/q;+1/p-1. The average Bonchev–Trinajstić information content (AvgIpc) is 2.33. The molecule has 0 saturated heterocycles. The van der Waals surface area contributed by atoms with Gasteiger partial charge in [0.05, 0.1) is 16.2 Å². The minimum atomic E-state index is -4.14. The van der Waals surface area contributed by atoms with Crippen LogP contribution in [0.2, 0.25) is 0 Å². The van der Waals surface area contributed by atoms with E-state index in [1.165, 1.54) is 32.6 Å². The first-order valence-corrected chi connectivity index (χ1v) is 8.97. The fourth-order valence-electron chi connectivity index (χ4n) is 2.08. The topological polar surface area (TPSA) is 77.4 Å². The Bertz CT molecular complexity index is 306. The molecule has 0 aliphatic rings. The molecular weight excluding hydrogens is 287 g/mol. The van der Waals surface area contributed by atoms with Gasteiger partial charge in [-0.05, 0) is 26.2 Å². The van der Waals surface area contributed by atoms with E-state index in [-0.39, 0.29) is 35.7 Å². The molecule has 0 bridgehead atoms. The van der Waals surface area contributed by atoms with Gasteiger partial charge in [-0.1, -0.05) is 51.9 Å². The van der Waals surface area contributed by atoms with Gasteiger partial charge in [0.1, 0.15) is 0 Å². The van der Waals surface area contributed by atoms with Gasteiger partial charge in [-0.3, -0.25) is 0 Å². The predicted molar refractivity (Wildman–Crippen MR) is 77.0 cm³/mol. The molecule has 4 nitrogen and oxygen atoms in total.